The Balaban J connectivity index is 1.83. The molecule has 0 atom stereocenters. The monoisotopic (exact) mass is 384 g/mol. The van der Waals surface area contributed by atoms with Gasteiger partial charge in [0, 0.05) is 5.56 Å². The summed E-state index contributed by atoms with van der Waals surface area (Å²) in [6, 6.07) is 24.6. The Morgan fingerprint density at radius 3 is 2.24 bits per heavy atom. The summed E-state index contributed by atoms with van der Waals surface area (Å²) in [6.07, 6.45) is 0. The van der Waals surface area contributed by atoms with E-state index in [1.165, 1.54) is 16.8 Å². The van der Waals surface area contributed by atoms with E-state index in [2.05, 4.69) is 15.3 Å². The lowest BCUT2D eigenvalue weighted by molar-refractivity contribution is 0.0697. The molecule has 1 aromatic heterocycles. The first-order chi connectivity index (χ1) is 14.1. The Kier molecular flexibility index (Phi) is 4.86. The summed E-state index contributed by atoms with van der Waals surface area (Å²) in [4.78, 5) is 24.2. The molecule has 0 unspecified atom stereocenters. The third-order valence-electron chi connectivity index (χ3n) is 4.30. The fourth-order valence-corrected chi connectivity index (χ4v) is 2.89. The molecular weight excluding hydrogens is 368 g/mol. The molecule has 0 aliphatic carbocycles. The zero-order valence-electron chi connectivity index (χ0n) is 15.2. The van der Waals surface area contributed by atoms with E-state index in [0.29, 0.717) is 17.1 Å². The number of aromatic carboxylic acids is 1. The van der Waals surface area contributed by atoms with Crippen molar-refractivity contribution >= 4 is 17.3 Å². The Hall–Kier alpha value is -4.26. The number of rotatable bonds is 5. The van der Waals surface area contributed by atoms with Crippen molar-refractivity contribution < 1.29 is 9.90 Å². The third-order valence-corrected chi connectivity index (χ3v) is 4.30. The van der Waals surface area contributed by atoms with Gasteiger partial charge >= 0.3 is 5.97 Å². The van der Waals surface area contributed by atoms with Crippen molar-refractivity contribution in [1.82, 2.24) is 9.78 Å². The molecule has 29 heavy (non-hydrogen) atoms. The Morgan fingerprint density at radius 1 is 0.862 bits per heavy atom. The summed E-state index contributed by atoms with van der Waals surface area (Å²) in [6.45, 7) is 0. The second-order valence-electron chi connectivity index (χ2n) is 6.23. The van der Waals surface area contributed by atoms with E-state index >= 15 is 0 Å². The molecule has 7 heteroatoms. The van der Waals surface area contributed by atoms with Crippen molar-refractivity contribution in [3.8, 4) is 16.9 Å². The Bertz CT molecular complexity index is 1240. The largest absolute Gasteiger partial charge is 0.478 e. The van der Waals surface area contributed by atoms with Crippen molar-refractivity contribution in [1.29, 1.82) is 0 Å². The maximum atomic E-state index is 13.0. The minimum Gasteiger partial charge on any atom is -0.478 e. The van der Waals surface area contributed by atoms with Crippen molar-refractivity contribution in [2.45, 2.75) is 0 Å². The number of aromatic amines is 1. The fourth-order valence-electron chi connectivity index (χ4n) is 2.89. The molecule has 0 saturated carbocycles. The quantitative estimate of drug-likeness (QED) is 0.476. The van der Waals surface area contributed by atoms with Crippen molar-refractivity contribution in [2.75, 3.05) is 0 Å². The highest BCUT2D eigenvalue weighted by molar-refractivity contribution is 5.88. The summed E-state index contributed by atoms with van der Waals surface area (Å²) in [5.74, 6) is -1.06. The first-order valence-electron chi connectivity index (χ1n) is 8.84. The van der Waals surface area contributed by atoms with E-state index in [1.807, 2.05) is 60.7 Å². The molecule has 0 aliphatic rings. The molecule has 2 N–H and O–H groups in total. The standard InChI is InChI=1S/C22H16N4O3/c27-21-20(24-23-17-11-7-10-16(14-17)22(28)29)19(15-8-3-1-4-9-15)25-26(21)18-12-5-2-6-13-18/h1-14,25H,(H,28,29). The van der Waals surface area contributed by atoms with Crippen molar-refractivity contribution in [3.63, 3.8) is 0 Å². The molecule has 0 bridgehead atoms. The van der Waals surface area contributed by atoms with Crippen molar-refractivity contribution in [2.24, 2.45) is 10.2 Å². The highest BCUT2D eigenvalue weighted by Gasteiger charge is 2.16. The highest BCUT2D eigenvalue weighted by Crippen LogP contribution is 2.28. The van der Waals surface area contributed by atoms with E-state index < -0.39 is 5.97 Å². The molecule has 0 radical (unpaired) electrons. The molecule has 0 amide bonds. The third kappa shape index (κ3) is 3.74. The lowest BCUT2D eigenvalue weighted by Crippen LogP contribution is -2.13. The molecule has 0 fully saturated rings. The molecule has 142 valence electrons. The van der Waals surface area contributed by atoms with Gasteiger partial charge in [-0.3, -0.25) is 9.89 Å². The van der Waals surface area contributed by atoms with E-state index in [9.17, 15) is 9.59 Å². The van der Waals surface area contributed by atoms with Gasteiger partial charge in [-0.15, -0.1) is 5.11 Å². The van der Waals surface area contributed by atoms with E-state index in [4.69, 9.17) is 5.11 Å². The van der Waals surface area contributed by atoms with Crippen molar-refractivity contribution in [3.05, 3.63) is 101 Å². The summed E-state index contributed by atoms with van der Waals surface area (Å²) < 4.78 is 1.41. The van der Waals surface area contributed by atoms with Crippen LogP contribution >= 0.6 is 0 Å². The van der Waals surface area contributed by atoms with Crippen LogP contribution in [0.4, 0.5) is 11.4 Å². The maximum absolute atomic E-state index is 13.0. The van der Waals surface area contributed by atoms with Gasteiger partial charge in [0.1, 0.15) is 0 Å². The van der Waals surface area contributed by atoms with Gasteiger partial charge < -0.3 is 5.11 Å². The summed E-state index contributed by atoms with van der Waals surface area (Å²) in [5, 5.41) is 20.5. The average Bonchev–Trinajstić information content (AvgIpc) is 3.10. The van der Waals surface area contributed by atoms with Gasteiger partial charge in [0.2, 0.25) is 0 Å². The maximum Gasteiger partial charge on any atom is 0.335 e. The number of para-hydroxylation sites is 1. The van der Waals surface area contributed by atoms with Gasteiger partial charge in [0.15, 0.2) is 5.69 Å². The van der Waals surface area contributed by atoms with Crippen LogP contribution in [0.2, 0.25) is 0 Å². The number of aromatic nitrogens is 2. The SMILES string of the molecule is O=C(O)c1cccc(N=Nc2c(-c3ccccc3)[nH]n(-c3ccccc3)c2=O)c1. The number of hydrogen-bond acceptors (Lipinski definition) is 4. The molecule has 0 saturated heterocycles. The Morgan fingerprint density at radius 2 is 1.55 bits per heavy atom. The number of carboxylic acids is 1. The minimum atomic E-state index is -1.06. The predicted octanol–water partition coefficient (Wildman–Crippen LogP) is 4.95. The van der Waals surface area contributed by atoms with Gasteiger partial charge in [-0.1, -0.05) is 54.6 Å². The van der Waals surface area contributed by atoms with Crippen LogP contribution in [0.5, 0.6) is 0 Å². The molecule has 4 rings (SSSR count). The van der Waals surface area contributed by atoms with Gasteiger partial charge in [-0.2, -0.15) is 5.11 Å². The molecule has 0 spiro atoms. The van der Waals surface area contributed by atoms with Crippen LogP contribution < -0.4 is 5.56 Å². The van der Waals surface area contributed by atoms with Gasteiger partial charge in [0.05, 0.1) is 22.6 Å². The van der Waals surface area contributed by atoms with Crippen LogP contribution in [0.25, 0.3) is 16.9 Å². The zero-order valence-corrected chi connectivity index (χ0v) is 15.2. The Labute approximate surface area is 165 Å². The summed E-state index contributed by atoms with van der Waals surface area (Å²) >= 11 is 0. The fraction of sp³-hybridized carbons (Fsp3) is 0. The number of carbonyl (C=O) groups is 1. The number of hydrogen-bond donors (Lipinski definition) is 2. The van der Waals surface area contributed by atoms with E-state index in [-0.39, 0.29) is 16.8 Å². The van der Waals surface area contributed by atoms with E-state index in [0.717, 1.165) is 5.56 Å². The lowest BCUT2D eigenvalue weighted by atomic mass is 10.1. The number of nitrogens with zero attached hydrogens (tertiary/aromatic N) is 3. The number of carboxylic acid groups (broad SMARTS) is 1. The predicted molar refractivity (Wildman–Crippen MR) is 109 cm³/mol. The number of H-pyrrole nitrogens is 1. The second-order valence-corrected chi connectivity index (χ2v) is 6.23. The van der Waals surface area contributed by atoms with Gasteiger partial charge in [0.25, 0.3) is 5.56 Å². The van der Waals surface area contributed by atoms with Crippen LogP contribution in [0.3, 0.4) is 0 Å². The first kappa shape index (κ1) is 18.1. The zero-order chi connectivity index (χ0) is 20.2. The first-order valence-corrected chi connectivity index (χ1v) is 8.84. The number of nitrogens with one attached hydrogen (secondary N) is 1. The second kappa shape index (κ2) is 7.77. The van der Waals surface area contributed by atoms with Crippen LogP contribution in [0, 0.1) is 0 Å². The lowest BCUT2D eigenvalue weighted by Gasteiger charge is -2.01. The average molecular weight is 384 g/mol. The molecule has 1 heterocycles. The van der Waals surface area contributed by atoms with Crippen LogP contribution in [-0.2, 0) is 0 Å². The number of benzene rings is 3. The molecule has 3 aromatic carbocycles. The normalized spacial score (nSPS) is 11.0. The minimum absolute atomic E-state index is 0.0977. The van der Waals surface area contributed by atoms with Gasteiger partial charge in [-0.25, -0.2) is 9.48 Å². The van der Waals surface area contributed by atoms with Crippen LogP contribution in [-0.4, -0.2) is 20.9 Å². The summed E-state index contributed by atoms with van der Waals surface area (Å²) in [5.41, 5.74) is 2.21. The number of azo groups is 1. The highest BCUT2D eigenvalue weighted by atomic mass is 16.4. The van der Waals surface area contributed by atoms with Gasteiger partial charge in [-0.05, 0) is 30.3 Å². The summed E-state index contributed by atoms with van der Waals surface area (Å²) in [7, 11) is 0. The molecule has 0 aliphatic heterocycles. The smallest absolute Gasteiger partial charge is 0.335 e. The molecule has 4 aromatic rings. The molecular formula is C22H16N4O3. The van der Waals surface area contributed by atoms with Crippen LogP contribution in [0.1, 0.15) is 10.4 Å². The molecule has 7 nitrogen and oxygen atoms in total. The van der Waals surface area contributed by atoms with E-state index in [1.54, 1.807) is 12.1 Å². The van der Waals surface area contributed by atoms with Crippen LogP contribution in [0.15, 0.2) is 100.0 Å². The topological polar surface area (TPSA) is 99.8 Å².